The highest BCUT2D eigenvalue weighted by atomic mass is 16.5. The fraction of sp³-hybridized carbons (Fsp3) is 0.647. The minimum absolute atomic E-state index is 0.791. The van der Waals surface area contributed by atoms with E-state index < -0.39 is 0 Å². The van der Waals surface area contributed by atoms with E-state index in [0.29, 0.717) is 0 Å². The molecule has 1 heterocycles. The normalized spacial score (nSPS) is 27.1. The number of hydrogen-bond acceptors (Lipinski definition) is 3. The lowest BCUT2D eigenvalue weighted by molar-refractivity contribution is 0.0548. The van der Waals surface area contributed by atoms with Gasteiger partial charge in [-0.1, -0.05) is 18.9 Å². The number of piperidine rings is 1. The zero-order chi connectivity index (χ0) is 13.9. The van der Waals surface area contributed by atoms with E-state index in [1.807, 2.05) is 12.1 Å². The number of likely N-dealkylation sites (tertiary alicyclic amines) is 1. The average Bonchev–Trinajstić information content (AvgIpc) is 2.49. The number of nitrogens with zero attached hydrogens (tertiary/aromatic N) is 1. The van der Waals surface area contributed by atoms with Gasteiger partial charge >= 0.3 is 0 Å². The Kier molecular flexibility index (Phi) is 4.16. The molecule has 1 saturated heterocycles. The van der Waals surface area contributed by atoms with Crippen LogP contribution in [-0.4, -0.2) is 24.6 Å². The molecule has 110 valence electrons. The maximum atomic E-state index is 6.18. The first-order valence-corrected chi connectivity index (χ1v) is 7.94. The zero-order valence-electron chi connectivity index (χ0n) is 12.5. The molecule has 1 aliphatic heterocycles. The molecule has 1 aromatic rings. The van der Waals surface area contributed by atoms with Gasteiger partial charge in [-0.3, -0.25) is 4.90 Å². The van der Waals surface area contributed by atoms with Crippen LogP contribution in [0.2, 0.25) is 0 Å². The number of benzene rings is 1. The predicted octanol–water partition coefficient (Wildman–Crippen LogP) is 3.43. The fourth-order valence-electron chi connectivity index (χ4n) is 3.99. The number of hydrogen-bond donors (Lipinski definition) is 1. The fourth-order valence-corrected chi connectivity index (χ4v) is 3.99. The monoisotopic (exact) mass is 274 g/mol. The van der Waals surface area contributed by atoms with E-state index >= 15 is 0 Å². The minimum atomic E-state index is 0.791. The first-order valence-electron chi connectivity index (χ1n) is 7.94. The zero-order valence-corrected chi connectivity index (χ0v) is 12.5. The van der Waals surface area contributed by atoms with E-state index in [-0.39, 0.29) is 0 Å². The number of fused-ring (bicyclic) bond motifs is 1. The van der Waals surface area contributed by atoms with Gasteiger partial charge in [0.1, 0.15) is 5.75 Å². The summed E-state index contributed by atoms with van der Waals surface area (Å²) in [5.74, 6) is 1.78. The van der Waals surface area contributed by atoms with E-state index in [9.17, 15) is 0 Å². The summed E-state index contributed by atoms with van der Waals surface area (Å²) in [6.07, 6.45) is 8.41. The van der Waals surface area contributed by atoms with Crippen molar-refractivity contribution in [3.8, 4) is 5.75 Å². The largest absolute Gasteiger partial charge is 0.497 e. The Balaban J connectivity index is 1.72. The van der Waals surface area contributed by atoms with Crippen LogP contribution in [0.15, 0.2) is 18.2 Å². The summed E-state index contributed by atoms with van der Waals surface area (Å²) in [6.45, 7) is 2.23. The van der Waals surface area contributed by atoms with Crippen LogP contribution in [0.1, 0.15) is 44.1 Å². The minimum Gasteiger partial charge on any atom is -0.497 e. The molecule has 1 saturated carbocycles. The van der Waals surface area contributed by atoms with Gasteiger partial charge in [-0.25, -0.2) is 0 Å². The topological polar surface area (TPSA) is 38.5 Å². The standard InChI is InChI=1S/C17H26N2O/c1-20-15-9-8-14(16(18)11-15)12-19-10-4-6-13-5-2-3-7-17(13)19/h8-9,11,13,17H,2-7,10,12,18H2,1H3/t13-,17-/m1/s1. The average molecular weight is 274 g/mol. The van der Waals surface area contributed by atoms with E-state index in [1.165, 1.54) is 50.6 Å². The highest BCUT2D eigenvalue weighted by Gasteiger charge is 2.33. The first kappa shape index (κ1) is 13.7. The third-order valence-corrected chi connectivity index (χ3v) is 5.08. The van der Waals surface area contributed by atoms with Crippen molar-refractivity contribution in [1.29, 1.82) is 0 Å². The lowest BCUT2D eigenvalue weighted by atomic mass is 9.78. The van der Waals surface area contributed by atoms with Gasteiger partial charge in [-0.2, -0.15) is 0 Å². The molecule has 0 spiro atoms. The third-order valence-electron chi connectivity index (χ3n) is 5.08. The van der Waals surface area contributed by atoms with Gasteiger partial charge in [0.2, 0.25) is 0 Å². The van der Waals surface area contributed by atoms with Crippen LogP contribution < -0.4 is 10.5 Å². The molecule has 2 fully saturated rings. The quantitative estimate of drug-likeness (QED) is 0.858. The highest BCUT2D eigenvalue weighted by Crippen LogP contribution is 2.36. The van der Waals surface area contributed by atoms with Crippen LogP contribution in [0.4, 0.5) is 5.69 Å². The molecule has 2 N–H and O–H groups in total. The molecule has 1 aliphatic carbocycles. The summed E-state index contributed by atoms with van der Waals surface area (Å²) in [4.78, 5) is 2.67. The summed E-state index contributed by atoms with van der Waals surface area (Å²) in [6, 6.07) is 6.88. The molecule has 3 nitrogen and oxygen atoms in total. The number of rotatable bonds is 3. The Morgan fingerprint density at radius 3 is 2.80 bits per heavy atom. The number of methoxy groups -OCH3 is 1. The lowest BCUT2D eigenvalue weighted by Gasteiger charge is -2.44. The van der Waals surface area contributed by atoms with E-state index in [2.05, 4.69) is 11.0 Å². The highest BCUT2D eigenvalue weighted by molar-refractivity contribution is 5.51. The Labute approximate surface area is 122 Å². The first-order chi connectivity index (χ1) is 9.78. The van der Waals surface area contributed by atoms with Gasteiger partial charge in [-0.05, 0) is 49.8 Å². The van der Waals surface area contributed by atoms with Crippen LogP contribution in [0.25, 0.3) is 0 Å². The number of nitrogen functional groups attached to an aromatic ring is 1. The third kappa shape index (κ3) is 2.78. The van der Waals surface area contributed by atoms with Crippen LogP contribution in [-0.2, 0) is 6.54 Å². The van der Waals surface area contributed by atoms with Gasteiger partial charge < -0.3 is 10.5 Å². The smallest absolute Gasteiger partial charge is 0.120 e. The van der Waals surface area contributed by atoms with Gasteiger partial charge in [0, 0.05) is 24.3 Å². The molecule has 0 amide bonds. The molecule has 2 atom stereocenters. The van der Waals surface area contributed by atoms with E-state index in [4.69, 9.17) is 10.5 Å². The van der Waals surface area contributed by atoms with Crippen molar-refractivity contribution in [1.82, 2.24) is 4.90 Å². The van der Waals surface area contributed by atoms with Crippen molar-refractivity contribution >= 4 is 5.69 Å². The maximum Gasteiger partial charge on any atom is 0.120 e. The summed E-state index contributed by atoms with van der Waals surface area (Å²) in [7, 11) is 1.69. The van der Waals surface area contributed by atoms with Crippen LogP contribution >= 0.6 is 0 Å². The summed E-state index contributed by atoms with van der Waals surface area (Å²) >= 11 is 0. The van der Waals surface area contributed by atoms with Crippen LogP contribution in [0.3, 0.4) is 0 Å². The molecular weight excluding hydrogens is 248 g/mol. The van der Waals surface area contributed by atoms with E-state index in [0.717, 1.165) is 29.9 Å². The Bertz CT molecular complexity index is 458. The summed E-state index contributed by atoms with van der Waals surface area (Å²) < 4.78 is 5.23. The molecule has 0 radical (unpaired) electrons. The van der Waals surface area contributed by atoms with Crippen molar-refractivity contribution < 1.29 is 4.74 Å². The second-order valence-electron chi connectivity index (χ2n) is 6.29. The van der Waals surface area contributed by atoms with Gasteiger partial charge in [-0.15, -0.1) is 0 Å². The molecule has 0 aromatic heterocycles. The molecule has 20 heavy (non-hydrogen) atoms. The Morgan fingerprint density at radius 2 is 2.00 bits per heavy atom. The van der Waals surface area contributed by atoms with Crippen molar-refractivity contribution in [3.63, 3.8) is 0 Å². The van der Waals surface area contributed by atoms with Gasteiger partial charge in [0.15, 0.2) is 0 Å². The molecule has 0 unspecified atom stereocenters. The van der Waals surface area contributed by atoms with Crippen molar-refractivity contribution in [2.24, 2.45) is 5.92 Å². The lowest BCUT2D eigenvalue weighted by Crippen LogP contribution is -2.46. The molecule has 0 bridgehead atoms. The predicted molar refractivity (Wildman–Crippen MR) is 82.8 cm³/mol. The number of nitrogens with two attached hydrogens (primary N) is 1. The van der Waals surface area contributed by atoms with Gasteiger partial charge in [0.25, 0.3) is 0 Å². The molecule has 3 rings (SSSR count). The molecule has 1 aromatic carbocycles. The molecule has 3 heteroatoms. The second kappa shape index (κ2) is 6.04. The van der Waals surface area contributed by atoms with Crippen molar-refractivity contribution in [2.45, 2.75) is 51.1 Å². The van der Waals surface area contributed by atoms with Crippen molar-refractivity contribution in [3.05, 3.63) is 23.8 Å². The second-order valence-corrected chi connectivity index (χ2v) is 6.29. The summed E-state index contributed by atoms with van der Waals surface area (Å²) in [5, 5.41) is 0. The van der Waals surface area contributed by atoms with Crippen LogP contribution in [0.5, 0.6) is 5.75 Å². The van der Waals surface area contributed by atoms with Crippen LogP contribution in [0, 0.1) is 5.92 Å². The summed E-state index contributed by atoms with van der Waals surface area (Å²) in [5.41, 5.74) is 8.29. The SMILES string of the molecule is COc1ccc(CN2CCC[C@H]3CCCC[C@H]32)c(N)c1. The van der Waals surface area contributed by atoms with Crippen molar-refractivity contribution in [2.75, 3.05) is 19.4 Å². The molecule has 2 aliphatic rings. The van der Waals surface area contributed by atoms with Gasteiger partial charge in [0.05, 0.1) is 7.11 Å². The van der Waals surface area contributed by atoms with E-state index in [1.54, 1.807) is 7.11 Å². The Hall–Kier alpha value is -1.22. The number of ether oxygens (including phenoxy) is 1. The maximum absolute atomic E-state index is 6.18. The molecular formula is C17H26N2O. The number of anilines is 1. The Morgan fingerprint density at radius 1 is 1.20 bits per heavy atom.